The molecule has 9 nitrogen and oxygen atoms in total. The number of halogens is 1. The van der Waals surface area contributed by atoms with E-state index in [1.807, 2.05) is 4.90 Å². The second-order valence-electron chi connectivity index (χ2n) is 6.51. The minimum absolute atomic E-state index is 0.00216. The van der Waals surface area contributed by atoms with Crippen molar-refractivity contribution in [1.82, 2.24) is 14.9 Å². The fourth-order valence-electron chi connectivity index (χ4n) is 2.83. The standard InChI is InChI=1S/C18H21ClN4O5S/c1-12(24)22-6-8-23(9-7-22)16-11-17(21-18(20-16)29(3,25)26)28-15-5-4-13(27-2)10-14(15)19/h4-5,10-11H,6-9H2,1-3H3. The molecule has 1 aliphatic rings. The number of aromatic nitrogens is 2. The van der Waals surface area contributed by atoms with Crippen molar-refractivity contribution in [3.05, 3.63) is 29.3 Å². The van der Waals surface area contributed by atoms with E-state index >= 15 is 0 Å². The molecule has 1 amide bonds. The van der Waals surface area contributed by atoms with Gasteiger partial charge in [-0.25, -0.2) is 13.4 Å². The predicted molar refractivity (Wildman–Crippen MR) is 108 cm³/mol. The van der Waals surface area contributed by atoms with E-state index < -0.39 is 9.84 Å². The van der Waals surface area contributed by atoms with Crippen molar-refractivity contribution < 1.29 is 22.7 Å². The molecule has 0 aliphatic carbocycles. The Kier molecular flexibility index (Phi) is 6.13. The van der Waals surface area contributed by atoms with Gasteiger partial charge in [0.1, 0.15) is 17.3 Å². The van der Waals surface area contributed by atoms with Crippen molar-refractivity contribution in [2.24, 2.45) is 0 Å². The normalized spacial score (nSPS) is 14.6. The first kappa shape index (κ1) is 21.1. The molecule has 29 heavy (non-hydrogen) atoms. The van der Waals surface area contributed by atoms with Crippen LogP contribution in [0.2, 0.25) is 5.02 Å². The van der Waals surface area contributed by atoms with Crippen molar-refractivity contribution in [1.29, 1.82) is 0 Å². The molecule has 1 saturated heterocycles. The lowest BCUT2D eigenvalue weighted by molar-refractivity contribution is -0.129. The summed E-state index contributed by atoms with van der Waals surface area (Å²) in [6.45, 7) is 3.60. The van der Waals surface area contributed by atoms with E-state index in [4.69, 9.17) is 21.1 Å². The van der Waals surface area contributed by atoms with Crippen LogP contribution >= 0.6 is 11.6 Å². The molecule has 0 spiro atoms. The number of ether oxygens (including phenoxy) is 2. The molecule has 156 valence electrons. The Morgan fingerprint density at radius 1 is 1.14 bits per heavy atom. The molecule has 11 heteroatoms. The van der Waals surface area contributed by atoms with E-state index in [0.29, 0.717) is 48.5 Å². The smallest absolute Gasteiger partial charge is 0.252 e. The van der Waals surface area contributed by atoms with Crippen LogP contribution in [-0.2, 0) is 14.6 Å². The molecule has 1 fully saturated rings. The summed E-state index contributed by atoms with van der Waals surface area (Å²) in [5, 5.41) is -0.0517. The van der Waals surface area contributed by atoms with Crippen LogP contribution in [0.25, 0.3) is 0 Å². The number of anilines is 1. The Bertz CT molecular complexity index is 1020. The second kappa shape index (κ2) is 8.42. The summed E-state index contributed by atoms with van der Waals surface area (Å²) >= 11 is 6.21. The maximum Gasteiger partial charge on any atom is 0.252 e. The molecular formula is C18H21ClN4O5S. The zero-order chi connectivity index (χ0) is 21.2. The van der Waals surface area contributed by atoms with Crippen molar-refractivity contribution in [2.45, 2.75) is 12.1 Å². The first-order valence-electron chi connectivity index (χ1n) is 8.78. The lowest BCUT2D eigenvalue weighted by Crippen LogP contribution is -2.48. The summed E-state index contributed by atoms with van der Waals surface area (Å²) in [5.74, 6) is 1.32. The van der Waals surface area contributed by atoms with E-state index in [0.717, 1.165) is 6.26 Å². The maximum absolute atomic E-state index is 12.1. The molecule has 0 N–H and O–H groups in total. The summed E-state index contributed by atoms with van der Waals surface area (Å²) in [6, 6.07) is 6.41. The number of amides is 1. The van der Waals surface area contributed by atoms with Gasteiger partial charge in [0, 0.05) is 51.5 Å². The largest absolute Gasteiger partial charge is 0.497 e. The molecule has 0 bridgehead atoms. The first-order valence-corrected chi connectivity index (χ1v) is 11.1. The molecule has 0 saturated carbocycles. The predicted octanol–water partition coefficient (Wildman–Crippen LogP) is 2.00. The van der Waals surface area contributed by atoms with Crippen molar-refractivity contribution >= 4 is 33.2 Å². The zero-order valence-electron chi connectivity index (χ0n) is 16.3. The number of hydrogen-bond acceptors (Lipinski definition) is 8. The minimum atomic E-state index is -3.67. The minimum Gasteiger partial charge on any atom is -0.497 e. The fraction of sp³-hybridized carbons (Fsp3) is 0.389. The monoisotopic (exact) mass is 440 g/mol. The van der Waals surface area contributed by atoms with Crippen LogP contribution in [-0.4, -0.2) is 68.7 Å². The van der Waals surface area contributed by atoms with Gasteiger partial charge in [-0.05, 0) is 12.1 Å². The van der Waals surface area contributed by atoms with Gasteiger partial charge in [0.05, 0.1) is 12.1 Å². The van der Waals surface area contributed by atoms with Crippen LogP contribution in [0.3, 0.4) is 0 Å². The average Bonchev–Trinajstić information content (AvgIpc) is 2.68. The van der Waals surface area contributed by atoms with E-state index in [9.17, 15) is 13.2 Å². The number of benzene rings is 1. The number of carbonyl (C=O) groups excluding carboxylic acids is 1. The number of nitrogens with zero attached hydrogens (tertiary/aromatic N) is 4. The summed E-state index contributed by atoms with van der Waals surface area (Å²) in [5.41, 5.74) is 0. The molecule has 1 aliphatic heterocycles. The Morgan fingerprint density at radius 3 is 2.38 bits per heavy atom. The van der Waals surface area contributed by atoms with Gasteiger partial charge < -0.3 is 19.3 Å². The molecule has 2 heterocycles. The summed E-state index contributed by atoms with van der Waals surface area (Å²) in [6.07, 6.45) is 1.03. The Morgan fingerprint density at radius 2 is 1.83 bits per heavy atom. The van der Waals surface area contributed by atoms with Crippen LogP contribution in [0.1, 0.15) is 6.92 Å². The number of rotatable bonds is 5. The fourth-order valence-corrected chi connectivity index (χ4v) is 3.55. The summed E-state index contributed by atoms with van der Waals surface area (Å²) in [7, 11) is -2.15. The highest BCUT2D eigenvalue weighted by Crippen LogP contribution is 2.33. The van der Waals surface area contributed by atoms with Crippen LogP contribution < -0.4 is 14.4 Å². The van der Waals surface area contributed by atoms with Gasteiger partial charge >= 0.3 is 0 Å². The molecule has 2 aromatic rings. The van der Waals surface area contributed by atoms with E-state index in [2.05, 4.69) is 9.97 Å². The van der Waals surface area contributed by atoms with Crippen molar-refractivity contribution in [3.8, 4) is 17.4 Å². The molecule has 0 radical (unpaired) electrons. The Hall–Kier alpha value is -2.59. The molecule has 1 aromatic carbocycles. The summed E-state index contributed by atoms with van der Waals surface area (Å²) < 4.78 is 35.0. The molecule has 1 aromatic heterocycles. The quantitative estimate of drug-likeness (QED) is 0.650. The van der Waals surface area contributed by atoms with Crippen LogP contribution in [0.4, 0.5) is 5.82 Å². The number of carbonyl (C=O) groups is 1. The first-order chi connectivity index (χ1) is 13.7. The van der Waals surface area contributed by atoms with E-state index in [1.165, 1.54) is 14.0 Å². The highest BCUT2D eigenvalue weighted by molar-refractivity contribution is 7.90. The van der Waals surface area contributed by atoms with Gasteiger partial charge in [-0.1, -0.05) is 11.6 Å². The van der Waals surface area contributed by atoms with Crippen molar-refractivity contribution in [3.63, 3.8) is 0 Å². The third-order valence-electron chi connectivity index (χ3n) is 4.40. The third-order valence-corrected chi connectivity index (χ3v) is 5.54. The Balaban J connectivity index is 1.92. The van der Waals surface area contributed by atoms with E-state index in [-0.39, 0.29) is 16.9 Å². The molecule has 0 atom stereocenters. The third kappa shape index (κ3) is 5.07. The number of piperazine rings is 1. The Labute approximate surface area is 174 Å². The van der Waals surface area contributed by atoms with Gasteiger partial charge in [0.15, 0.2) is 0 Å². The van der Waals surface area contributed by atoms with Crippen LogP contribution in [0.5, 0.6) is 17.4 Å². The summed E-state index contributed by atoms with van der Waals surface area (Å²) in [4.78, 5) is 23.3. The lowest BCUT2D eigenvalue weighted by Gasteiger charge is -2.35. The highest BCUT2D eigenvalue weighted by Gasteiger charge is 2.23. The van der Waals surface area contributed by atoms with Crippen LogP contribution in [0, 0.1) is 0 Å². The number of sulfone groups is 1. The van der Waals surface area contributed by atoms with Gasteiger partial charge in [-0.15, -0.1) is 0 Å². The topological polar surface area (TPSA) is 102 Å². The molecular weight excluding hydrogens is 420 g/mol. The SMILES string of the molecule is COc1ccc(Oc2cc(N3CCN(C(C)=O)CC3)nc(S(C)(=O)=O)n2)c(Cl)c1. The number of hydrogen-bond donors (Lipinski definition) is 0. The second-order valence-corrected chi connectivity index (χ2v) is 8.83. The molecule has 0 unspecified atom stereocenters. The maximum atomic E-state index is 12.1. The zero-order valence-corrected chi connectivity index (χ0v) is 17.8. The highest BCUT2D eigenvalue weighted by atomic mass is 35.5. The van der Waals surface area contributed by atoms with Gasteiger partial charge in [0.25, 0.3) is 5.16 Å². The van der Waals surface area contributed by atoms with Gasteiger partial charge in [-0.2, -0.15) is 4.98 Å². The average molecular weight is 441 g/mol. The number of methoxy groups -OCH3 is 1. The van der Waals surface area contributed by atoms with E-state index in [1.54, 1.807) is 29.2 Å². The van der Waals surface area contributed by atoms with Crippen LogP contribution in [0.15, 0.2) is 29.4 Å². The van der Waals surface area contributed by atoms with Gasteiger partial charge in [0.2, 0.25) is 21.6 Å². The van der Waals surface area contributed by atoms with Crippen molar-refractivity contribution in [2.75, 3.05) is 44.4 Å². The molecule has 3 rings (SSSR count). The van der Waals surface area contributed by atoms with Gasteiger partial charge in [-0.3, -0.25) is 4.79 Å². The lowest BCUT2D eigenvalue weighted by atomic mass is 10.3.